The summed E-state index contributed by atoms with van der Waals surface area (Å²) in [5.74, 6) is 0.543. The molecule has 0 aliphatic carbocycles. The number of aromatic nitrogens is 4. The standard InChI is InChI=1S/C21H21N5O2/c1-12-7-16(18-10-22-11-28-18)5-6-17(12)9-23-21(27)19-15(4)25-26-14(3)8-13(2)24-20(19)26/h5-8,10-11H,9H2,1-4H3,(H,23,27). The third-order valence-electron chi connectivity index (χ3n) is 4.80. The van der Waals surface area contributed by atoms with Gasteiger partial charge in [-0.25, -0.2) is 14.5 Å². The molecule has 1 amide bonds. The van der Waals surface area contributed by atoms with Crippen LogP contribution >= 0.6 is 0 Å². The zero-order valence-corrected chi connectivity index (χ0v) is 16.3. The zero-order chi connectivity index (χ0) is 19.8. The van der Waals surface area contributed by atoms with E-state index in [2.05, 4.69) is 20.4 Å². The Bertz CT molecular complexity index is 1180. The predicted octanol–water partition coefficient (Wildman–Crippen LogP) is 3.55. The van der Waals surface area contributed by atoms with E-state index in [0.717, 1.165) is 33.8 Å². The Morgan fingerprint density at radius 2 is 2.00 bits per heavy atom. The Morgan fingerprint density at radius 1 is 1.18 bits per heavy atom. The third-order valence-corrected chi connectivity index (χ3v) is 4.80. The van der Waals surface area contributed by atoms with E-state index in [4.69, 9.17) is 4.42 Å². The molecule has 4 rings (SSSR count). The number of carbonyl (C=O) groups excluding carboxylic acids is 1. The van der Waals surface area contributed by atoms with Gasteiger partial charge in [-0.1, -0.05) is 12.1 Å². The highest BCUT2D eigenvalue weighted by Crippen LogP contribution is 2.22. The summed E-state index contributed by atoms with van der Waals surface area (Å²) in [7, 11) is 0. The van der Waals surface area contributed by atoms with E-state index in [1.165, 1.54) is 6.39 Å². The maximum Gasteiger partial charge on any atom is 0.257 e. The van der Waals surface area contributed by atoms with Gasteiger partial charge in [0.05, 0.1) is 11.9 Å². The van der Waals surface area contributed by atoms with Gasteiger partial charge in [-0.05, 0) is 51.0 Å². The van der Waals surface area contributed by atoms with Crippen molar-refractivity contribution in [2.75, 3.05) is 0 Å². The van der Waals surface area contributed by atoms with Gasteiger partial charge in [0, 0.05) is 23.5 Å². The van der Waals surface area contributed by atoms with Crippen molar-refractivity contribution in [3.05, 3.63) is 70.6 Å². The summed E-state index contributed by atoms with van der Waals surface area (Å²) in [5, 5.41) is 7.46. The van der Waals surface area contributed by atoms with Crippen LogP contribution in [0, 0.1) is 27.7 Å². The quantitative estimate of drug-likeness (QED) is 0.590. The number of oxazole rings is 1. The second-order valence-corrected chi connectivity index (χ2v) is 6.92. The first-order chi connectivity index (χ1) is 13.4. The summed E-state index contributed by atoms with van der Waals surface area (Å²) in [6, 6.07) is 7.92. The lowest BCUT2D eigenvalue weighted by atomic mass is 10.0. The molecule has 7 heteroatoms. The summed E-state index contributed by atoms with van der Waals surface area (Å²) in [4.78, 5) is 21.3. The van der Waals surface area contributed by atoms with E-state index >= 15 is 0 Å². The van der Waals surface area contributed by atoms with Crippen LogP contribution in [-0.2, 0) is 6.54 Å². The summed E-state index contributed by atoms with van der Waals surface area (Å²) >= 11 is 0. The van der Waals surface area contributed by atoms with E-state index in [9.17, 15) is 4.79 Å². The molecule has 0 bridgehead atoms. The molecule has 0 atom stereocenters. The number of amides is 1. The van der Waals surface area contributed by atoms with Crippen LogP contribution in [0.1, 0.15) is 38.6 Å². The van der Waals surface area contributed by atoms with Crippen molar-refractivity contribution in [2.45, 2.75) is 34.2 Å². The highest BCUT2D eigenvalue weighted by Gasteiger charge is 2.19. The maximum atomic E-state index is 12.9. The number of rotatable bonds is 4. The van der Waals surface area contributed by atoms with Crippen molar-refractivity contribution < 1.29 is 9.21 Å². The van der Waals surface area contributed by atoms with Crippen LogP contribution in [0.4, 0.5) is 0 Å². The highest BCUT2D eigenvalue weighted by molar-refractivity contribution is 6.01. The molecule has 0 radical (unpaired) electrons. The number of fused-ring (bicyclic) bond motifs is 1. The predicted molar refractivity (Wildman–Crippen MR) is 105 cm³/mol. The molecule has 1 aromatic carbocycles. The van der Waals surface area contributed by atoms with Crippen LogP contribution < -0.4 is 5.32 Å². The Balaban J connectivity index is 1.57. The van der Waals surface area contributed by atoms with Crippen molar-refractivity contribution in [3.63, 3.8) is 0 Å². The van der Waals surface area contributed by atoms with Crippen molar-refractivity contribution >= 4 is 11.6 Å². The fourth-order valence-corrected chi connectivity index (χ4v) is 3.36. The normalized spacial score (nSPS) is 11.1. The molecule has 142 valence electrons. The van der Waals surface area contributed by atoms with Gasteiger partial charge < -0.3 is 9.73 Å². The first-order valence-corrected chi connectivity index (χ1v) is 9.04. The molecule has 3 aromatic heterocycles. The molecule has 0 aliphatic heterocycles. The van der Waals surface area contributed by atoms with Crippen LogP contribution in [-0.4, -0.2) is 25.5 Å². The van der Waals surface area contributed by atoms with Crippen LogP contribution in [0.3, 0.4) is 0 Å². The average Bonchev–Trinajstić information content (AvgIpc) is 3.28. The lowest BCUT2D eigenvalue weighted by Gasteiger charge is -2.09. The fraction of sp³-hybridized carbons (Fsp3) is 0.238. The molecular formula is C21H21N5O2. The average molecular weight is 375 g/mol. The van der Waals surface area contributed by atoms with Crippen molar-refractivity contribution in [3.8, 4) is 11.3 Å². The lowest BCUT2D eigenvalue weighted by molar-refractivity contribution is 0.0951. The Morgan fingerprint density at radius 3 is 2.71 bits per heavy atom. The largest absolute Gasteiger partial charge is 0.444 e. The van der Waals surface area contributed by atoms with E-state index in [1.54, 1.807) is 10.7 Å². The highest BCUT2D eigenvalue weighted by atomic mass is 16.3. The second kappa shape index (κ2) is 6.92. The first-order valence-electron chi connectivity index (χ1n) is 9.04. The third kappa shape index (κ3) is 3.15. The minimum absolute atomic E-state index is 0.177. The minimum atomic E-state index is -0.177. The number of hydrogen-bond acceptors (Lipinski definition) is 5. The lowest BCUT2D eigenvalue weighted by Crippen LogP contribution is -2.24. The summed E-state index contributed by atoms with van der Waals surface area (Å²) in [6.45, 7) is 8.13. The van der Waals surface area contributed by atoms with Crippen molar-refractivity contribution in [1.29, 1.82) is 0 Å². The molecule has 0 saturated carbocycles. The number of hydrogen-bond donors (Lipinski definition) is 1. The van der Waals surface area contributed by atoms with Crippen LogP contribution in [0.2, 0.25) is 0 Å². The summed E-state index contributed by atoms with van der Waals surface area (Å²) in [5.41, 5.74) is 6.63. The molecule has 28 heavy (non-hydrogen) atoms. The smallest absolute Gasteiger partial charge is 0.257 e. The monoisotopic (exact) mass is 375 g/mol. The number of nitrogens with zero attached hydrogens (tertiary/aromatic N) is 4. The van der Waals surface area contributed by atoms with Gasteiger partial charge in [-0.15, -0.1) is 0 Å². The number of nitrogens with one attached hydrogen (secondary N) is 1. The topological polar surface area (TPSA) is 85.3 Å². The number of aryl methyl sites for hydroxylation is 4. The van der Waals surface area contributed by atoms with Gasteiger partial charge >= 0.3 is 0 Å². The molecular weight excluding hydrogens is 354 g/mol. The van der Waals surface area contributed by atoms with Gasteiger partial charge in [-0.3, -0.25) is 4.79 Å². The second-order valence-electron chi connectivity index (χ2n) is 6.92. The van der Waals surface area contributed by atoms with Gasteiger partial charge in [0.15, 0.2) is 17.8 Å². The number of benzene rings is 1. The summed E-state index contributed by atoms with van der Waals surface area (Å²) in [6.07, 6.45) is 3.09. The fourth-order valence-electron chi connectivity index (χ4n) is 3.36. The molecule has 4 aromatic rings. The van der Waals surface area contributed by atoms with Gasteiger partial charge in [0.25, 0.3) is 5.91 Å². The van der Waals surface area contributed by atoms with Crippen LogP contribution in [0.25, 0.3) is 17.0 Å². The van der Waals surface area contributed by atoms with Gasteiger partial charge in [-0.2, -0.15) is 5.10 Å². The van der Waals surface area contributed by atoms with Crippen molar-refractivity contribution in [2.24, 2.45) is 0 Å². The Kier molecular flexibility index (Phi) is 4.43. The molecule has 0 spiro atoms. The SMILES string of the molecule is Cc1cc(C)n2nc(C)c(C(=O)NCc3ccc(-c4cnco4)cc3C)c2n1. The Hall–Kier alpha value is -3.48. The zero-order valence-electron chi connectivity index (χ0n) is 16.3. The van der Waals surface area contributed by atoms with E-state index in [-0.39, 0.29) is 5.91 Å². The molecule has 0 fully saturated rings. The minimum Gasteiger partial charge on any atom is -0.444 e. The Labute approximate surface area is 162 Å². The molecule has 0 saturated heterocycles. The molecule has 3 heterocycles. The summed E-state index contributed by atoms with van der Waals surface area (Å²) < 4.78 is 7.05. The van der Waals surface area contributed by atoms with Crippen molar-refractivity contribution in [1.82, 2.24) is 24.9 Å². The number of carbonyl (C=O) groups is 1. The molecule has 0 aliphatic rings. The van der Waals surface area contributed by atoms with Crippen LogP contribution in [0.5, 0.6) is 0 Å². The molecule has 0 unspecified atom stereocenters. The first kappa shape index (κ1) is 17.9. The van der Waals surface area contributed by atoms with E-state index in [1.807, 2.05) is 52.0 Å². The molecule has 7 nitrogen and oxygen atoms in total. The maximum absolute atomic E-state index is 12.9. The van der Waals surface area contributed by atoms with Crippen LogP contribution in [0.15, 0.2) is 41.3 Å². The van der Waals surface area contributed by atoms with E-state index in [0.29, 0.717) is 23.4 Å². The molecule has 1 N–H and O–H groups in total. The van der Waals surface area contributed by atoms with E-state index < -0.39 is 0 Å². The van der Waals surface area contributed by atoms with Gasteiger partial charge in [0.1, 0.15) is 5.56 Å². The van der Waals surface area contributed by atoms with Gasteiger partial charge in [0.2, 0.25) is 0 Å².